The molecule has 4 nitrogen and oxygen atoms in total. The Labute approximate surface area is 84.5 Å². The van der Waals surface area contributed by atoms with Crippen molar-refractivity contribution in [2.45, 2.75) is 6.92 Å². The van der Waals surface area contributed by atoms with Gasteiger partial charge in [-0.2, -0.15) is 15.4 Å². The summed E-state index contributed by atoms with van der Waals surface area (Å²) < 4.78 is 0. The van der Waals surface area contributed by atoms with Crippen LogP contribution in [0, 0.1) is 6.92 Å². The van der Waals surface area contributed by atoms with Gasteiger partial charge >= 0.3 is 22.4 Å². The van der Waals surface area contributed by atoms with E-state index in [0.717, 1.165) is 5.56 Å². The van der Waals surface area contributed by atoms with Gasteiger partial charge in [-0.15, -0.1) is 0 Å². The number of H-pyrrole nitrogens is 1. The number of hydrogen-bond acceptors (Lipinski definition) is 3. The zero-order chi connectivity index (χ0) is 7.84. The van der Waals surface area contributed by atoms with Crippen LogP contribution in [0.2, 0.25) is 0 Å². The first kappa shape index (κ1) is 9.25. The molecular formula is C7H7AgN3O+. The normalized spacial score (nSPS) is 9.75. The molecule has 0 unspecified atom stereocenters. The smallest absolute Gasteiger partial charge is 0.505 e. The summed E-state index contributed by atoms with van der Waals surface area (Å²) in [4.78, 5) is 0. The van der Waals surface area contributed by atoms with E-state index in [2.05, 4.69) is 15.4 Å². The second kappa shape index (κ2) is 3.26. The van der Waals surface area contributed by atoms with Crippen LogP contribution in [0.4, 0.5) is 0 Å². The van der Waals surface area contributed by atoms with Crippen molar-refractivity contribution in [3.8, 4) is 5.75 Å². The van der Waals surface area contributed by atoms with Crippen LogP contribution in [-0.4, -0.2) is 20.5 Å². The fourth-order valence-electron chi connectivity index (χ4n) is 0.999. The van der Waals surface area contributed by atoms with Gasteiger partial charge in [0.2, 0.25) is 0 Å². The number of aromatic nitrogens is 3. The minimum absolute atomic E-state index is 0. The number of aryl methyl sites for hydroxylation is 1. The van der Waals surface area contributed by atoms with Crippen LogP contribution in [0.5, 0.6) is 5.75 Å². The number of rotatable bonds is 0. The van der Waals surface area contributed by atoms with Gasteiger partial charge in [0.25, 0.3) is 0 Å². The number of nitrogens with zero attached hydrogens (tertiary/aromatic N) is 2. The molecule has 0 aliphatic heterocycles. The largest absolute Gasteiger partial charge is 1.00 e. The topological polar surface area (TPSA) is 61.8 Å². The summed E-state index contributed by atoms with van der Waals surface area (Å²) in [6.45, 7) is 1.82. The van der Waals surface area contributed by atoms with E-state index >= 15 is 0 Å². The molecule has 0 bridgehead atoms. The molecule has 2 aromatic rings. The number of benzene rings is 1. The molecule has 1 aromatic carbocycles. The number of aromatic hydroxyl groups is 1. The Morgan fingerprint density at radius 2 is 2.08 bits per heavy atom. The van der Waals surface area contributed by atoms with Gasteiger partial charge in [-0.3, -0.25) is 0 Å². The first-order valence-corrected chi connectivity index (χ1v) is 3.28. The molecule has 1 aromatic heterocycles. The monoisotopic (exact) mass is 256 g/mol. The Morgan fingerprint density at radius 1 is 1.33 bits per heavy atom. The Hall–Kier alpha value is -0.840. The number of nitrogens with one attached hydrogen (secondary N) is 1. The molecule has 0 fully saturated rings. The van der Waals surface area contributed by atoms with Gasteiger partial charge in [-0.25, -0.2) is 0 Å². The molecule has 5 heteroatoms. The van der Waals surface area contributed by atoms with Crippen molar-refractivity contribution < 1.29 is 27.5 Å². The van der Waals surface area contributed by atoms with E-state index in [9.17, 15) is 5.11 Å². The van der Waals surface area contributed by atoms with Crippen molar-refractivity contribution in [2.75, 3.05) is 0 Å². The van der Waals surface area contributed by atoms with Crippen LogP contribution in [-0.2, 0) is 22.4 Å². The van der Waals surface area contributed by atoms with E-state index in [1.54, 1.807) is 6.07 Å². The summed E-state index contributed by atoms with van der Waals surface area (Å²) in [5, 5.41) is 19.5. The first-order chi connectivity index (χ1) is 5.29. The van der Waals surface area contributed by atoms with Crippen molar-refractivity contribution in [3.63, 3.8) is 0 Å². The molecule has 0 aliphatic rings. The maximum Gasteiger partial charge on any atom is 1.00 e. The fourth-order valence-corrected chi connectivity index (χ4v) is 0.999. The second-order valence-corrected chi connectivity index (χ2v) is 2.42. The third-order valence-electron chi connectivity index (χ3n) is 1.66. The zero-order valence-electron chi connectivity index (χ0n) is 6.30. The third-order valence-corrected chi connectivity index (χ3v) is 1.66. The van der Waals surface area contributed by atoms with E-state index in [1.165, 1.54) is 0 Å². The van der Waals surface area contributed by atoms with Crippen LogP contribution in [0.1, 0.15) is 5.56 Å². The van der Waals surface area contributed by atoms with E-state index in [1.807, 2.05) is 13.0 Å². The van der Waals surface area contributed by atoms with E-state index < -0.39 is 0 Å². The molecule has 0 aliphatic carbocycles. The van der Waals surface area contributed by atoms with E-state index in [4.69, 9.17) is 0 Å². The van der Waals surface area contributed by atoms with Crippen LogP contribution in [0.3, 0.4) is 0 Å². The number of phenolic OH excluding ortho intramolecular Hbond substituents is 1. The Kier molecular flexibility index (Phi) is 2.52. The van der Waals surface area contributed by atoms with Gasteiger partial charge in [0, 0.05) is 0 Å². The predicted octanol–water partition coefficient (Wildman–Crippen LogP) is 0.969. The Morgan fingerprint density at radius 3 is 2.83 bits per heavy atom. The predicted molar refractivity (Wildman–Crippen MR) is 40.3 cm³/mol. The van der Waals surface area contributed by atoms with Crippen LogP contribution in [0.25, 0.3) is 11.0 Å². The molecule has 0 saturated heterocycles. The fraction of sp³-hybridized carbons (Fsp3) is 0.143. The maximum atomic E-state index is 9.42. The van der Waals surface area contributed by atoms with Gasteiger partial charge in [-0.1, -0.05) is 6.07 Å². The molecule has 2 N–H and O–H groups in total. The summed E-state index contributed by atoms with van der Waals surface area (Å²) in [5.41, 5.74) is 2.03. The van der Waals surface area contributed by atoms with Gasteiger partial charge in [0.15, 0.2) is 5.52 Å². The Balaban J connectivity index is 0.000000720. The average molecular weight is 257 g/mol. The van der Waals surface area contributed by atoms with Crippen LogP contribution >= 0.6 is 0 Å². The third kappa shape index (κ3) is 1.24. The minimum atomic E-state index is 0. The van der Waals surface area contributed by atoms with Crippen molar-refractivity contribution in [3.05, 3.63) is 17.7 Å². The van der Waals surface area contributed by atoms with Gasteiger partial charge in [-0.05, 0) is 18.6 Å². The van der Waals surface area contributed by atoms with Crippen molar-refractivity contribution in [1.82, 2.24) is 15.4 Å². The van der Waals surface area contributed by atoms with Crippen LogP contribution in [0.15, 0.2) is 12.1 Å². The molecule has 0 radical (unpaired) electrons. The molecule has 1 heterocycles. The van der Waals surface area contributed by atoms with Crippen molar-refractivity contribution in [2.24, 2.45) is 0 Å². The molecule has 0 spiro atoms. The summed E-state index contributed by atoms with van der Waals surface area (Å²) in [6.07, 6.45) is 0. The quantitative estimate of drug-likeness (QED) is 0.691. The van der Waals surface area contributed by atoms with Crippen LogP contribution < -0.4 is 0 Å². The summed E-state index contributed by atoms with van der Waals surface area (Å²) in [5.74, 6) is 0.205. The average Bonchev–Trinajstić information content (AvgIpc) is 2.45. The minimum Gasteiger partial charge on any atom is -0.505 e. The molecule has 2 rings (SSSR count). The summed E-state index contributed by atoms with van der Waals surface area (Å²) in [7, 11) is 0. The molecule has 0 atom stereocenters. The molecule has 0 saturated carbocycles. The number of phenols is 1. The Bertz CT molecular complexity index is 398. The number of hydrogen-bond donors (Lipinski definition) is 2. The first-order valence-electron chi connectivity index (χ1n) is 3.28. The van der Waals surface area contributed by atoms with E-state index in [-0.39, 0.29) is 28.1 Å². The molecular weight excluding hydrogens is 250 g/mol. The molecule has 12 heavy (non-hydrogen) atoms. The summed E-state index contributed by atoms with van der Waals surface area (Å²) >= 11 is 0. The SMILES string of the molecule is Cc1ccc2n[nH]nc2c1O.[Ag+]. The maximum absolute atomic E-state index is 9.42. The van der Waals surface area contributed by atoms with Gasteiger partial charge < -0.3 is 5.11 Å². The molecule has 0 amide bonds. The number of fused-ring (bicyclic) bond motifs is 1. The van der Waals surface area contributed by atoms with Crippen molar-refractivity contribution >= 4 is 11.0 Å². The zero-order valence-corrected chi connectivity index (χ0v) is 7.78. The standard InChI is InChI=1S/C7H7N3O.Ag/c1-4-2-3-5-6(7(4)11)9-10-8-5;/h2-3,11H,1H3,(H,8,9,10);/q;+1. The number of aromatic amines is 1. The van der Waals surface area contributed by atoms with Crippen molar-refractivity contribution in [1.29, 1.82) is 0 Å². The van der Waals surface area contributed by atoms with E-state index in [0.29, 0.717) is 11.0 Å². The van der Waals surface area contributed by atoms with Gasteiger partial charge in [0.05, 0.1) is 0 Å². The molecule has 66 valence electrons. The second-order valence-electron chi connectivity index (χ2n) is 2.42. The summed E-state index contributed by atoms with van der Waals surface area (Å²) in [6, 6.07) is 3.62. The van der Waals surface area contributed by atoms with Gasteiger partial charge in [0.1, 0.15) is 11.3 Å².